The molecule has 84 valence electrons. The minimum absolute atomic E-state index is 0.0134. The zero-order valence-electron chi connectivity index (χ0n) is 7.82. The predicted octanol–water partition coefficient (Wildman–Crippen LogP) is 3.53. The first-order valence-electron chi connectivity index (χ1n) is 4.29. The van der Waals surface area contributed by atoms with Crippen LogP contribution in [-0.4, -0.2) is 10.1 Å². The molecule has 0 fully saturated rings. The summed E-state index contributed by atoms with van der Waals surface area (Å²) >= 11 is 0.554. The number of hydrogen-bond acceptors (Lipinski definition) is 3. The molecule has 2 aromatic rings. The van der Waals surface area contributed by atoms with Crippen LogP contribution in [0.1, 0.15) is 5.01 Å². The van der Waals surface area contributed by atoms with E-state index in [1.54, 1.807) is 12.1 Å². The molecule has 1 N–H and O–H groups in total. The number of alkyl halides is 3. The van der Waals surface area contributed by atoms with Gasteiger partial charge in [0.05, 0.1) is 4.88 Å². The minimum Gasteiger partial charge on any atom is -0.508 e. The lowest BCUT2D eigenvalue weighted by atomic mass is 10.2. The second kappa shape index (κ2) is 3.79. The van der Waals surface area contributed by atoms with E-state index in [2.05, 4.69) is 4.98 Å². The Morgan fingerprint density at radius 1 is 1.25 bits per heavy atom. The third kappa shape index (κ3) is 2.16. The molecular formula is C10H6F3NOS. The van der Waals surface area contributed by atoms with Crippen molar-refractivity contribution in [2.45, 2.75) is 6.18 Å². The summed E-state index contributed by atoms with van der Waals surface area (Å²) in [6, 6.07) is 6.04. The first-order chi connectivity index (χ1) is 7.47. The Morgan fingerprint density at radius 2 is 2.00 bits per heavy atom. The maximum absolute atomic E-state index is 12.3. The zero-order chi connectivity index (χ0) is 11.8. The van der Waals surface area contributed by atoms with Crippen molar-refractivity contribution in [1.82, 2.24) is 4.98 Å². The number of nitrogens with zero attached hydrogens (tertiary/aromatic N) is 1. The van der Waals surface area contributed by atoms with Crippen molar-refractivity contribution in [1.29, 1.82) is 0 Å². The summed E-state index contributed by atoms with van der Waals surface area (Å²) in [7, 11) is 0. The number of thiazole rings is 1. The molecule has 16 heavy (non-hydrogen) atoms. The van der Waals surface area contributed by atoms with E-state index in [1.165, 1.54) is 12.1 Å². The summed E-state index contributed by atoms with van der Waals surface area (Å²) in [6.45, 7) is 0. The van der Waals surface area contributed by atoms with Gasteiger partial charge < -0.3 is 5.11 Å². The van der Waals surface area contributed by atoms with E-state index >= 15 is 0 Å². The molecule has 0 amide bonds. The van der Waals surface area contributed by atoms with Gasteiger partial charge in [-0.05, 0) is 17.7 Å². The van der Waals surface area contributed by atoms with Crippen LogP contribution in [0.25, 0.3) is 10.4 Å². The largest absolute Gasteiger partial charge is 0.508 e. The summed E-state index contributed by atoms with van der Waals surface area (Å²) in [6.07, 6.45) is -3.26. The summed E-state index contributed by atoms with van der Waals surface area (Å²) < 4.78 is 36.9. The monoisotopic (exact) mass is 245 g/mol. The van der Waals surface area contributed by atoms with E-state index < -0.39 is 11.2 Å². The van der Waals surface area contributed by atoms with Crippen molar-refractivity contribution in [2.75, 3.05) is 0 Å². The van der Waals surface area contributed by atoms with Crippen LogP contribution in [0.3, 0.4) is 0 Å². The molecule has 0 aliphatic rings. The van der Waals surface area contributed by atoms with Crippen LogP contribution in [0.5, 0.6) is 5.75 Å². The number of rotatable bonds is 1. The lowest BCUT2D eigenvalue weighted by Gasteiger charge is -1.99. The lowest BCUT2D eigenvalue weighted by Crippen LogP contribution is -2.02. The Bertz CT molecular complexity index is 507. The second-order valence-electron chi connectivity index (χ2n) is 3.08. The van der Waals surface area contributed by atoms with Crippen LogP contribution in [0.15, 0.2) is 30.5 Å². The van der Waals surface area contributed by atoms with Gasteiger partial charge in [-0.15, -0.1) is 11.3 Å². The number of phenols is 1. The molecule has 1 heterocycles. The van der Waals surface area contributed by atoms with Gasteiger partial charge in [0.25, 0.3) is 0 Å². The van der Waals surface area contributed by atoms with Gasteiger partial charge in [0.1, 0.15) is 5.75 Å². The Balaban J connectivity index is 2.39. The van der Waals surface area contributed by atoms with Crippen molar-refractivity contribution in [3.05, 3.63) is 35.5 Å². The Hall–Kier alpha value is -1.56. The highest BCUT2D eigenvalue weighted by Crippen LogP contribution is 2.36. The fourth-order valence-electron chi connectivity index (χ4n) is 1.20. The van der Waals surface area contributed by atoms with Crippen molar-refractivity contribution >= 4 is 11.3 Å². The Morgan fingerprint density at radius 3 is 2.56 bits per heavy atom. The summed E-state index contributed by atoms with van der Waals surface area (Å²) in [4.78, 5) is 3.68. The average Bonchev–Trinajstić information content (AvgIpc) is 2.65. The molecule has 0 atom stereocenters. The molecular weight excluding hydrogens is 239 g/mol. The zero-order valence-corrected chi connectivity index (χ0v) is 8.64. The van der Waals surface area contributed by atoms with Gasteiger partial charge in [0, 0.05) is 6.20 Å². The van der Waals surface area contributed by atoms with E-state index in [1.807, 2.05) is 0 Å². The molecule has 0 radical (unpaired) electrons. The molecule has 0 unspecified atom stereocenters. The number of benzene rings is 1. The second-order valence-corrected chi connectivity index (χ2v) is 4.11. The third-order valence-electron chi connectivity index (χ3n) is 1.88. The normalized spacial score (nSPS) is 11.7. The van der Waals surface area contributed by atoms with Crippen LogP contribution < -0.4 is 0 Å². The van der Waals surface area contributed by atoms with E-state index in [0.717, 1.165) is 6.20 Å². The standard InChI is InChI=1S/C10H6F3NOS/c11-10(12,13)9-14-5-8(16-9)6-2-1-3-7(15)4-6/h1-5,15H. The Labute approximate surface area is 93.0 Å². The van der Waals surface area contributed by atoms with Gasteiger partial charge in [0.2, 0.25) is 0 Å². The fourth-order valence-corrected chi connectivity index (χ4v) is 1.98. The van der Waals surface area contributed by atoms with Gasteiger partial charge in [-0.2, -0.15) is 13.2 Å². The molecule has 0 aliphatic heterocycles. The molecule has 0 saturated heterocycles. The number of aromatic nitrogens is 1. The van der Waals surface area contributed by atoms with Crippen LogP contribution in [0.2, 0.25) is 0 Å². The van der Waals surface area contributed by atoms with Crippen LogP contribution in [0, 0.1) is 0 Å². The van der Waals surface area contributed by atoms with E-state index in [-0.39, 0.29) is 5.75 Å². The SMILES string of the molecule is Oc1cccc(-c2cnc(C(F)(F)F)s2)c1. The highest BCUT2D eigenvalue weighted by molar-refractivity contribution is 7.15. The maximum atomic E-state index is 12.3. The number of aromatic hydroxyl groups is 1. The highest BCUT2D eigenvalue weighted by Gasteiger charge is 2.34. The van der Waals surface area contributed by atoms with Gasteiger partial charge in [0.15, 0.2) is 5.01 Å². The van der Waals surface area contributed by atoms with E-state index in [9.17, 15) is 18.3 Å². The average molecular weight is 245 g/mol. The van der Waals surface area contributed by atoms with E-state index in [4.69, 9.17) is 0 Å². The molecule has 0 bridgehead atoms. The lowest BCUT2D eigenvalue weighted by molar-refractivity contribution is -0.137. The van der Waals surface area contributed by atoms with Crippen molar-refractivity contribution in [2.24, 2.45) is 0 Å². The van der Waals surface area contributed by atoms with E-state index in [0.29, 0.717) is 21.8 Å². The van der Waals surface area contributed by atoms with Crippen molar-refractivity contribution in [3.8, 4) is 16.2 Å². The molecule has 0 saturated carbocycles. The van der Waals surface area contributed by atoms with Crippen LogP contribution in [0.4, 0.5) is 13.2 Å². The summed E-state index contributed by atoms with van der Waals surface area (Å²) in [5.41, 5.74) is 0.521. The predicted molar refractivity (Wildman–Crippen MR) is 54.2 cm³/mol. The molecule has 0 spiro atoms. The maximum Gasteiger partial charge on any atom is 0.443 e. The van der Waals surface area contributed by atoms with Gasteiger partial charge in [-0.25, -0.2) is 4.98 Å². The molecule has 6 heteroatoms. The summed E-state index contributed by atoms with van der Waals surface area (Å²) in [5.74, 6) is 0.0134. The number of phenolic OH excluding ortho intramolecular Hbond substituents is 1. The highest BCUT2D eigenvalue weighted by atomic mass is 32.1. The third-order valence-corrected chi connectivity index (χ3v) is 2.97. The van der Waals surface area contributed by atoms with Gasteiger partial charge in [-0.1, -0.05) is 12.1 Å². The first-order valence-corrected chi connectivity index (χ1v) is 5.11. The van der Waals surface area contributed by atoms with Crippen molar-refractivity contribution < 1.29 is 18.3 Å². The number of hydrogen-bond donors (Lipinski definition) is 1. The molecule has 1 aromatic carbocycles. The fraction of sp³-hybridized carbons (Fsp3) is 0.100. The van der Waals surface area contributed by atoms with Crippen molar-refractivity contribution in [3.63, 3.8) is 0 Å². The quantitative estimate of drug-likeness (QED) is 0.833. The topological polar surface area (TPSA) is 33.1 Å². The Kier molecular flexibility index (Phi) is 2.59. The molecule has 2 rings (SSSR count). The summed E-state index contributed by atoms with van der Waals surface area (Å²) in [5, 5.41) is 8.32. The molecule has 0 aliphatic carbocycles. The smallest absolute Gasteiger partial charge is 0.443 e. The number of halogens is 3. The molecule has 1 aromatic heterocycles. The van der Waals surface area contributed by atoms with Gasteiger partial charge in [-0.3, -0.25) is 0 Å². The first kappa shape index (κ1) is 10.9. The molecule has 2 nitrogen and oxygen atoms in total. The minimum atomic E-state index is -4.42. The van der Waals surface area contributed by atoms with Gasteiger partial charge >= 0.3 is 6.18 Å². The van der Waals surface area contributed by atoms with Crippen LogP contribution in [-0.2, 0) is 6.18 Å². The van der Waals surface area contributed by atoms with Crippen LogP contribution >= 0.6 is 11.3 Å².